The molecule has 0 atom stereocenters. The van der Waals surface area contributed by atoms with Gasteiger partial charge in [0.2, 0.25) is 0 Å². The summed E-state index contributed by atoms with van der Waals surface area (Å²) in [7, 11) is 0. The smallest absolute Gasteiger partial charge is 0.157 e. The number of rotatable bonds is 2. The number of hydrogen-bond donors (Lipinski definition) is 1. The SMILES string of the molecule is CC1CCC2(CC1)CSC(=NCc1ccc(F)cc1F)N2. The molecule has 1 heterocycles. The minimum atomic E-state index is -0.549. The zero-order valence-electron chi connectivity index (χ0n) is 12.2. The minimum Gasteiger partial charge on any atom is -0.359 e. The van der Waals surface area contributed by atoms with Gasteiger partial charge in [0.15, 0.2) is 5.17 Å². The first-order valence-corrected chi connectivity index (χ1v) is 8.44. The van der Waals surface area contributed by atoms with Gasteiger partial charge in [0.1, 0.15) is 11.6 Å². The van der Waals surface area contributed by atoms with Gasteiger partial charge in [0.25, 0.3) is 0 Å². The van der Waals surface area contributed by atoms with E-state index in [9.17, 15) is 8.78 Å². The van der Waals surface area contributed by atoms with Crippen LogP contribution in [0, 0.1) is 17.6 Å². The van der Waals surface area contributed by atoms with Gasteiger partial charge in [-0.25, -0.2) is 8.78 Å². The fourth-order valence-corrected chi connectivity index (χ4v) is 4.20. The van der Waals surface area contributed by atoms with Crippen LogP contribution in [0.3, 0.4) is 0 Å². The van der Waals surface area contributed by atoms with Crippen LogP contribution in [0.15, 0.2) is 23.2 Å². The normalized spacial score (nSPS) is 30.8. The Morgan fingerprint density at radius 2 is 2.10 bits per heavy atom. The van der Waals surface area contributed by atoms with Crippen LogP contribution in [0.4, 0.5) is 8.78 Å². The molecule has 5 heteroatoms. The first kappa shape index (κ1) is 14.8. The molecule has 1 saturated heterocycles. The highest BCUT2D eigenvalue weighted by atomic mass is 32.2. The molecule has 3 rings (SSSR count). The lowest BCUT2D eigenvalue weighted by Crippen LogP contribution is -2.46. The summed E-state index contributed by atoms with van der Waals surface area (Å²) < 4.78 is 26.4. The van der Waals surface area contributed by atoms with E-state index in [4.69, 9.17) is 0 Å². The summed E-state index contributed by atoms with van der Waals surface area (Å²) in [5.41, 5.74) is 0.627. The average molecular weight is 310 g/mol. The van der Waals surface area contributed by atoms with Crippen LogP contribution in [0.5, 0.6) is 0 Å². The highest BCUT2D eigenvalue weighted by molar-refractivity contribution is 8.14. The standard InChI is InChI=1S/C16H20F2N2S/c1-11-4-6-16(7-5-11)10-21-15(20-16)19-9-12-2-3-13(17)8-14(12)18/h2-3,8,11H,4-7,9-10H2,1H3,(H,19,20). The van der Waals surface area contributed by atoms with Crippen LogP contribution in [-0.2, 0) is 6.54 Å². The second kappa shape index (κ2) is 5.95. The Morgan fingerprint density at radius 1 is 1.33 bits per heavy atom. The first-order valence-electron chi connectivity index (χ1n) is 7.46. The Labute approximate surface area is 128 Å². The van der Waals surface area contributed by atoms with E-state index in [1.54, 1.807) is 11.8 Å². The number of nitrogens with zero attached hydrogens (tertiary/aromatic N) is 1. The topological polar surface area (TPSA) is 24.4 Å². The molecule has 114 valence electrons. The molecule has 2 fully saturated rings. The summed E-state index contributed by atoms with van der Waals surface area (Å²) in [4.78, 5) is 4.46. The van der Waals surface area contributed by atoms with E-state index in [0.717, 1.165) is 22.9 Å². The van der Waals surface area contributed by atoms with Gasteiger partial charge in [-0.1, -0.05) is 24.8 Å². The van der Waals surface area contributed by atoms with Crippen LogP contribution in [0.1, 0.15) is 38.2 Å². The van der Waals surface area contributed by atoms with E-state index in [1.165, 1.54) is 37.8 Å². The van der Waals surface area contributed by atoms with E-state index in [-0.39, 0.29) is 12.1 Å². The molecule has 21 heavy (non-hydrogen) atoms. The number of aliphatic imine (C=N–C) groups is 1. The van der Waals surface area contributed by atoms with E-state index < -0.39 is 11.6 Å². The number of thioether (sulfide) groups is 1. The zero-order chi connectivity index (χ0) is 14.9. The molecule has 2 nitrogen and oxygen atoms in total. The monoisotopic (exact) mass is 310 g/mol. The van der Waals surface area contributed by atoms with Crippen molar-refractivity contribution in [2.45, 2.75) is 44.7 Å². The third-order valence-corrected chi connectivity index (χ3v) is 5.70. The largest absolute Gasteiger partial charge is 0.359 e. The maximum atomic E-state index is 13.6. The second-order valence-electron chi connectivity index (χ2n) is 6.23. The van der Waals surface area contributed by atoms with Crippen LogP contribution in [-0.4, -0.2) is 16.5 Å². The Kier molecular flexibility index (Phi) is 4.20. The Bertz CT molecular complexity index is 551. The van der Waals surface area contributed by atoms with Crippen molar-refractivity contribution in [3.05, 3.63) is 35.4 Å². The minimum absolute atomic E-state index is 0.192. The van der Waals surface area contributed by atoms with Gasteiger partial charge in [0, 0.05) is 22.9 Å². The lowest BCUT2D eigenvalue weighted by Gasteiger charge is -2.35. The van der Waals surface area contributed by atoms with Crippen molar-refractivity contribution in [2.75, 3.05) is 5.75 Å². The van der Waals surface area contributed by atoms with Crippen LogP contribution in [0.25, 0.3) is 0 Å². The molecule has 2 aliphatic rings. The van der Waals surface area contributed by atoms with Gasteiger partial charge in [-0.05, 0) is 37.7 Å². The third-order valence-electron chi connectivity index (χ3n) is 4.50. The number of halogens is 2. The summed E-state index contributed by atoms with van der Waals surface area (Å²) >= 11 is 1.72. The van der Waals surface area contributed by atoms with Crippen molar-refractivity contribution >= 4 is 16.9 Å². The quantitative estimate of drug-likeness (QED) is 0.889. The lowest BCUT2D eigenvalue weighted by atomic mass is 9.78. The van der Waals surface area contributed by atoms with Crippen molar-refractivity contribution in [1.82, 2.24) is 5.32 Å². The molecule has 1 aliphatic heterocycles. The van der Waals surface area contributed by atoms with Crippen LogP contribution < -0.4 is 5.32 Å². The van der Waals surface area contributed by atoms with E-state index in [0.29, 0.717) is 5.56 Å². The van der Waals surface area contributed by atoms with Crippen LogP contribution in [0.2, 0.25) is 0 Å². The molecule has 1 aromatic rings. The van der Waals surface area contributed by atoms with Gasteiger partial charge >= 0.3 is 0 Å². The molecule has 1 N–H and O–H groups in total. The molecular weight excluding hydrogens is 290 g/mol. The molecule has 0 amide bonds. The summed E-state index contributed by atoms with van der Waals surface area (Å²) in [6, 6.07) is 3.65. The lowest BCUT2D eigenvalue weighted by molar-refractivity contribution is 0.251. The Hall–Kier alpha value is -1.10. The van der Waals surface area contributed by atoms with Crippen molar-refractivity contribution in [3.8, 4) is 0 Å². The average Bonchev–Trinajstić information content (AvgIpc) is 2.85. The van der Waals surface area contributed by atoms with Crippen molar-refractivity contribution in [3.63, 3.8) is 0 Å². The van der Waals surface area contributed by atoms with E-state index in [1.807, 2.05) is 0 Å². The molecule has 1 spiro atoms. The summed E-state index contributed by atoms with van der Waals surface area (Å²) in [6.45, 7) is 2.56. The predicted molar refractivity (Wildman–Crippen MR) is 83.5 cm³/mol. The Balaban J connectivity index is 1.63. The molecular formula is C16H20F2N2S. The summed E-state index contributed by atoms with van der Waals surface area (Å²) in [5, 5.41) is 4.44. The molecule has 1 saturated carbocycles. The van der Waals surface area contributed by atoms with Crippen molar-refractivity contribution in [1.29, 1.82) is 0 Å². The van der Waals surface area contributed by atoms with E-state index in [2.05, 4.69) is 17.2 Å². The second-order valence-corrected chi connectivity index (χ2v) is 7.20. The zero-order valence-corrected chi connectivity index (χ0v) is 13.0. The molecule has 0 radical (unpaired) electrons. The number of benzene rings is 1. The van der Waals surface area contributed by atoms with Crippen molar-refractivity contribution in [2.24, 2.45) is 10.9 Å². The predicted octanol–water partition coefficient (Wildman–Crippen LogP) is 4.11. The van der Waals surface area contributed by atoms with Crippen molar-refractivity contribution < 1.29 is 8.78 Å². The molecule has 0 unspecified atom stereocenters. The summed E-state index contributed by atoms with van der Waals surface area (Å²) in [6.07, 6.45) is 4.89. The van der Waals surface area contributed by atoms with Gasteiger partial charge in [-0.3, -0.25) is 4.99 Å². The maximum Gasteiger partial charge on any atom is 0.157 e. The highest BCUT2D eigenvalue weighted by Crippen LogP contribution is 2.38. The molecule has 0 aromatic heterocycles. The number of amidine groups is 1. The number of hydrogen-bond acceptors (Lipinski definition) is 2. The highest BCUT2D eigenvalue weighted by Gasteiger charge is 2.39. The molecule has 1 aliphatic carbocycles. The fraction of sp³-hybridized carbons (Fsp3) is 0.562. The maximum absolute atomic E-state index is 13.6. The molecule has 0 bridgehead atoms. The fourth-order valence-electron chi connectivity index (χ4n) is 2.98. The van der Waals surface area contributed by atoms with Gasteiger partial charge in [0.05, 0.1) is 6.54 Å². The van der Waals surface area contributed by atoms with Gasteiger partial charge < -0.3 is 5.32 Å². The summed E-state index contributed by atoms with van der Waals surface area (Å²) in [5.74, 6) is 0.789. The number of nitrogens with one attached hydrogen (secondary N) is 1. The first-order chi connectivity index (χ1) is 10.1. The van der Waals surface area contributed by atoms with Gasteiger partial charge in [-0.2, -0.15) is 0 Å². The van der Waals surface area contributed by atoms with E-state index >= 15 is 0 Å². The van der Waals surface area contributed by atoms with Gasteiger partial charge in [-0.15, -0.1) is 0 Å². The Morgan fingerprint density at radius 3 is 2.81 bits per heavy atom. The molecule has 1 aromatic carbocycles. The van der Waals surface area contributed by atoms with Crippen LogP contribution >= 0.6 is 11.8 Å². The third kappa shape index (κ3) is 3.39.